The van der Waals surface area contributed by atoms with Crippen LogP contribution in [0.4, 0.5) is 0 Å². The molecule has 1 rings (SSSR count). The average Bonchev–Trinajstić information content (AvgIpc) is 2.32. The predicted molar refractivity (Wildman–Crippen MR) is 70.9 cm³/mol. The first kappa shape index (κ1) is 15.3. The Morgan fingerprint density at radius 2 is 1.95 bits per heavy atom. The van der Waals surface area contributed by atoms with E-state index in [2.05, 4.69) is 4.40 Å². The van der Waals surface area contributed by atoms with Crippen LogP contribution in [0.15, 0.2) is 15.4 Å². The molecule has 0 heterocycles. The number of nitrogens with zero attached hydrogens (tertiary/aromatic N) is 1. The van der Waals surface area contributed by atoms with Gasteiger partial charge in [0.1, 0.15) is 5.75 Å². The smallest absolute Gasteiger partial charge is 0.286 e. The zero-order valence-corrected chi connectivity index (χ0v) is 12.0. The topological polar surface area (TPSA) is 114 Å². The summed E-state index contributed by atoms with van der Waals surface area (Å²) in [6.45, 7) is 5.06. The van der Waals surface area contributed by atoms with Gasteiger partial charge in [-0.2, -0.15) is 8.42 Å². The highest BCUT2D eigenvalue weighted by Crippen LogP contribution is 2.31. The number of aryl methyl sites for hydroxylation is 1. The first-order chi connectivity index (χ1) is 8.74. The van der Waals surface area contributed by atoms with E-state index in [9.17, 15) is 8.42 Å². The van der Waals surface area contributed by atoms with Crippen LogP contribution in [0.25, 0.3) is 0 Å². The lowest BCUT2D eigenvalue weighted by Crippen LogP contribution is -2.29. The predicted octanol–water partition coefficient (Wildman–Crippen LogP) is 0.603. The largest absolute Gasteiger partial charge is 0.496 e. The second kappa shape index (κ2) is 5.45. The quantitative estimate of drug-likeness (QED) is 0.426. The molecule has 0 aromatic heterocycles. The molecule has 0 atom stereocenters. The maximum atomic E-state index is 12.1. The van der Waals surface area contributed by atoms with Crippen LogP contribution in [0.3, 0.4) is 0 Å². The molecule has 0 aliphatic rings. The van der Waals surface area contributed by atoms with E-state index in [1.807, 2.05) is 0 Å². The molecule has 0 fully saturated rings. The van der Waals surface area contributed by atoms with Gasteiger partial charge >= 0.3 is 0 Å². The van der Waals surface area contributed by atoms with Gasteiger partial charge in [0.25, 0.3) is 10.0 Å². The molecule has 106 valence electrons. The summed E-state index contributed by atoms with van der Waals surface area (Å²) in [4.78, 5) is 0.0593. The second-order valence-electron chi connectivity index (χ2n) is 4.04. The van der Waals surface area contributed by atoms with Crippen molar-refractivity contribution in [1.29, 1.82) is 0 Å². The Bertz CT molecular complexity index is 623. The van der Waals surface area contributed by atoms with Crippen LogP contribution < -0.4 is 16.0 Å². The first-order valence-electron chi connectivity index (χ1n) is 5.40. The van der Waals surface area contributed by atoms with E-state index in [1.165, 1.54) is 12.6 Å². The Balaban J connectivity index is 3.57. The van der Waals surface area contributed by atoms with Crippen molar-refractivity contribution >= 4 is 16.0 Å². The third-order valence-corrected chi connectivity index (χ3v) is 4.37. The van der Waals surface area contributed by atoms with Crippen molar-refractivity contribution in [3.63, 3.8) is 0 Å². The molecule has 0 amide bonds. The van der Waals surface area contributed by atoms with E-state index >= 15 is 0 Å². The molecule has 19 heavy (non-hydrogen) atoms. The fourth-order valence-electron chi connectivity index (χ4n) is 1.83. The zero-order valence-electron chi connectivity index (χ0n) is 11.2. The minimum absolute atomic E-state index is 0.0593. The molecule has 0 radical (unpaired) electrons. The summed E-state index contributed by atoms with van der Waals surface area (Å²) in [6, 6.07) is 1.62. The number of ether oxygens (including phenoxy) is 1. The summed E-state index contributed by atoms with van der Waals surface area (Å²) in [7, 11) is -2.48. The maximum Gasteiger partial charge on any atom is 0.286 e. The van der Waals surface area contributed by atoms with Crippen LogP contribution in [0.1, 0.15) is 16.7 Å². The van der Waals surface area contributed by atoms with Gasteiger partial charge in [0.15, 0.2) is 0 Å². The Kier molecular flexibility index (Phi) is 4.38. The minimum atomic E-state index is -4.00. The van der Waals surface area contributed by atoms with Crippen LogP contribution >= 0.6 is 0 Å². The highest BCUT2D eigenvalue weighted by Gasteiger charge is 2.22. The summed E-state index contributed by atoms with van der Waals surface area (Å²) in [6.07, 6.45) is 0. The molecule has 1 aromatic rings. The van der Waals surface area contributed by atoms with Crippen LogP contribution in [0.2, 0.25) is 0 Å². The number of hydroxylamine groups is 1. The Morgan fingerprint density at radius 3 is 2.42 bits per heavy atom. The van der Waals surface area contributed by atoms with Gasteiger partial charge in [0, 0.05) is 0 Å². The van der Waals surface area contributed by atoms with E-state index in [0.29, 0.717) is 22.4 Å². The summed E-state index contributed by atoms with van der Waals surface area (Å²) in [5.41, 5.74) is 8.40. The first-order valence-corrected chi connectivity index (χ1v) is 6.84. The van der Waals surface area contributed by atoms with Gasteiger partial charge in [0.05, 0.1) is 12.0 Å². The SMILES string of the molecule is COc1cc(C)c(S(=O)(=O)N=C(N)NO)c(C)c1C. The number of guanidine groups is 1. The molecule has 8 heteroatoms. The van der Waals surface area contributed by atoms with E-state index in [-0.39, 0.29) is 4.90 Å². The lowest BCUT2D eigenvalue weighted by molar-refractivity contribution is 0.233. The van der Waals surface area contributed by atoms with Gasteiger partial charge in [-0.25, -0.2) is 5.48 Å². The van der Waals surface area contributed by atoms with Gasteiger partial charge in [0.2, 0.25) is 5.96 Å². The maximum absolute atomic E-state index is 12.1. The fourth-order valence-corrected chi connectivity index (χ4v) is 3.22. The van der Waals surface area contributed by atoms with Gasteiger partial charge in [-0.3, -0.25) is 5.21 Å². The van der Waals surface area contributed by atoms with Crippen molar-refractivity contribution in [2.24, 2.45) is 10.1 Å². The monoisotopic (exact) mass is 287 g/mol. The van der Waals surface area contributed by atoms with Crippen molar-refractivity contribution in [2.45, 2.75) is 25.7 Å². The van der Waals surface area contributed by atoms with E-state index in [0.717, 1.165) is 0 Å². The minimum Gasteiger partial charge on any atom is -0.496 e. The molecular weight excluding hydrogens is 270 g/mol. The third-order valence-electron chi connectivity index (χ3n) is 2.79. The van der Waals surface area contributed by atoms with Gasteiger partial charge in [-0.1, -0.05) is 0 Å². The zero-order chi connectivity index (χ0) is 14.8. The van der Waals surface area contributed by atoms with E-state index in [4.69, 9.17) is 15.7 Å². The molecule has 0 bridgehead atoms. The molecule has 0 aliphatic heterocycles. The number of sulfonamides is 1. The lowest BCUT2D eigenvalue weighted by Gasteiger charge is -2.14. The Morgan fingerprint density at radius 1 is 1.37 bits per heavy atom. The molecule has 4 N–H and O–H groups in total. The number of methoxy groups -OCH3 is 1. The molecule has 0 saturated heterocycles. The van der Waals surface area contributed by atoms with Gasteiger partial charge < -0.3 is 10.5 Å². The molecule has 0 aliphatic carbocycles. The summed E-state index contributed by atoms with van der Waals surface area (Å²) >= 11 is 0. The van der Waals surface area contributed by atoms with E-state index < -0.39 is 16.0 Å². The van der Waals surface area contributed by atoms with Crippen LogP contribution in [0, 0.1) is 20.8 Å². The number of nitrogens with one attached hydrogen (secondary N) is 1. The molecule has 0 spiro atoms. The van der Waals surface area contributed by atoms with Crippen molar-refractivity contribution in [1.82, 2.24) is 5.48 Å². The van der Waals surface area contributed by atoms with Crippen molar-refractivity contribution in [2.75, 3.05) is 7.11 Å². The molecule has 7 nitrogen and oxygen atoms in total. The fraction of sp³-hybridized carbons (Fsp3) is 0.364. The standard InChI is InChI=1S/C11H17N3O4S/c1-6-5-9(18-4)7(2)8(3)10(6)19(16,17)14-11(12)13-15/h5,15H,1-4H3,(H3,12,13,14). The average molecular weight is 287 g/mol. The highest BCUT2D eigenvalue weighted by atomic mass is 32.2. The number of hydrogen-bond acceptors (Lipinski definition) is 4. The number of benzene rings is 1. The van der Waals surface area contributed by atoms with Crippen molar-refractivity contribution in [3.8, 4) is 5.75 Å². The molecular formula is C11H17N3O4S. The summed E-state index contributed by atoms with van der Waals surface area (Å²) in [5.74, 6) is 0.0125. The van der Waals surface area contributed by atoms with E-state index in [1.54, 1.807) is 26.8 Å². The number of hydrogen-bond donors (Lipinski definition) is 3. The normalized spacial score (nSPS) is 12.4. The number of rotatable bonds is 3. The van der Waals surface area contributed by atoms with Crippen molar-refractivity contribution < 1.29 is 18.4 Å². The lowest BCUT2D eigenvalue weighted by atomic mass is 10.1. The third kappa shape index (κ3) is 2.96. The van der Waals surface area contributed by atoms with Crippen LogP contribution in [0.5, 0.6) is 5.75 Å². The van der Waals surface area contributed by atoms with Crippen LogP contribution in [-0.2, 0) is 10.0 Å². The molecule has 0 unspecified atom stereocenters. The second-order valence-corrected chi connectivity index (χ2v) is 5.58. The summed E-state index contributed by atoms with van der Waals surface area (Å²) in [5, 5.41) is 8.53. The summed E-state index contributed by atoms with van der Waals surface area (Å²) < 4.78 is 32.7. The van der Waals surface area contributed by atoms with Gasteiger partial charge in [-0.15, -0.1) is 4.40 Å². The molecule has 1 aromatic carbocycles. The highest BCUT2D eigenvalue weighted by molar-refractivity contribution is 7.90. The molecule has 0 saturated carbocycles. The van der Waals surface area contributed by atoms with Gasteiger partial charge in [-0.05, 0) is 43.5 Å². The Hall–Kier alpha value is -1.80. The number of nitrogens with two attached hydrogens (primary N) is 1. The van der Waals surface area contributed by atoms with Crippen molar-refractivity contribution in [3.05, 3.63) is 22.8 Å². The van der Waals surface area contributed by atoms with Crippen LogP contribution in [-0.4, -0.2) is 26.7 Å². The Labute approximate surface area is 112 Å².